The van der Waals surface area contributed by atoms with E-state index in [1.165, 1.54) is 24.3 Å². The SMILES string of the molecule is COC(=O)[C@@H]1CCC(C(F)(F)C(=O)c2ccccc2)N1C(=O)OC. The van der Waals surface area contributed by atoms with Crippen LogP contribution in [0.15, 0.2) is 30.3 Å². The van der Waals surface area contributed by atoms with E-state index < -0.39 is 35.9 Å². The summed E-state index contributed by atoms with van der Waals surface area (Å²) in [5, 5.41) is 0. The van der Waals surface area contributed by atoms with Crippen LogP contribution < -0.4 is 0 Å². The predicted molar refractivity (Wildman–Crippen MR) is 78.8 cm³/mol. The Labute approximate surface area is 137 Å². The first kappa shape index (κ1) is 17.8. The van der Waals surface area contributed by atoms with Gasteiger partial charge in [-0.2, -0.15) is 8.78 Å². The van der Waals surface area contributed by atoms with Gasteiger partial charge >= 0.3 is 18.0 Å². The van der Waals surface area contributed by atoms with E-state index in [9.17, 15) is 23.2 Å². The highest BCUT2D eigenvalue weighted by molar-refractivity contribution is 6.02. The van der Waals surface area contributed by atoms with Crippen LogP contribution in [-0.2, 0) is 14.3 Å². The summed E-state index contributed by atoms with van der Waals surface area (Å²) >= 11 is 0. The highest BCUT2D eigenvalue weighted by Crippen LogP contribution is 2.38. The molecule has 1 fully saturated rings. The number of amides is 1. The van der Waals surface area contributed by atoms with E-state index in [4.69, 9.17) is 0 Å². The number of halogens is 2. The zero-order valence-corrected chi connectivity index (χ0v) is 13.2. The number of rotatable bonds is 4. The molecule has 6 nitrogen and oxygen atoms in total. The molecule has 1 amide bonds. The van der Waals surface area contributed by atoms with Crippen LogP contribution in [0, 0.1) is 0 Å². The van der Waals surface area contributed by atoms with Gasteiger partial charge in [0.25, 0.3) is 0 Å². The minimum Gasteiger partial charge on any atom is -0.467 e. The molecule has 24 heavy (non-hydrogen) atoms. The van der Waals surface area contributed by atoms with Crippen LogP contribution in [0.3, 0.4) is 0 Å². The number of alkyl halides is 2. The van der Waals surface area contributed by atoms with Crippen molar-refractivity contribution in [3.63, 3.8) is 0 Å². The van der Waals surface area contributed by atoms with Crippen LogP contribution in [-0.4, -0.2) is 55.0 Å². The zero-order chi connectivity index (χ0) is 17.9. The van der Waals surface area contributed by atoms with Crippen molar-refractivity contribution in [2.24, 2.45) is 0 Å². The molecule has 0 aromatic heterocycles. The fourth-order valence-corrected chi connectivity index (χ4v) is 2.83. The average Bonchev–Trinajstić information content (AvgIpc) is 3.06. The summed E-state index contributed by atoms with van der Waals surface area (Å²) in [7, 11) is 2.11. The molecule has 1 aromatic carbocycles. The van der Waals surface area contributed by atoms with Gasteiger partial charge in [-0.1, -0.05) is 30.3 Å². The van der Waals surface area contributed by atoms with E-state index >= 15 is 0 Å². The second kappa shape index (κ2) is 6.94. The van der Waals surface area contributed by atoms with Gasteiger partial charge in [0.05, 0.1) is 14.2 Å². The third-order valence-corrected chi connectivity index (χ3v) is 4.00. The second-order valence-electron chi connectivity index (χ2n) is 5.33. The maximum absolute atomic E-state index is 14.7. The maximum Gasteiger partial charge on any atom is 0.410 e. The number of ketones is 1. The first-order valence-corrected chi connectivity index (χ1v) is 7.26. The largest absolute Gasteiger partial charge is 0.467 e. The molecule has 1 aliphatic heterocycles. The van der Waals surface area contributed by atoms with E-state index in [0.717, 1.165) is 14.2 Å². The summed E-state index contributed by atoms with van der Waals surface area (Å²) < 4.78 is 38.5. The normalized spacial score (nSPS) is 20.6. The van der Waals surface area contributed by atoms with Crippen molar-refractivity contribution in [1.82, 2.24) is 4.90 Å². The fraction of sp³-hybridized carbons (Fsp3) is 0.438. The number of hydrogen-bond donors (Lipinski definition) is 0. The van der Waals surface area contributed by atoms with Gasteiger partial charge in [-0.15, -0.1) is 0 Å². The van der Waals surface area contributed by atoms with Crippen LogP contribution in [0.2, 0.25) is 0 Å². The van der Waals surface area contributed by atoms with Crippen molar-refractivity contribution < 1.29 is 32.6 Å². The number of esters is 1. The van der Waals surface area contributed by atoms with Gasteiger partial charge < -0.3 is 9.47 Å². The number of methoxy groups -OCH3 is 2. The van der Waals surface area contributed by atoms with Crippen molar-refractivity contribution in [2.45, 2.75) is 30.8 Å². The summed E-state index contributed by atoms with van der Waals surface area (Å²) in [6.07, 6.45) is -1.36. The molecule has 1 heterocycles. The first-order chi connectivity index (χ1) is 11.3. The molecule has 0 spiro atoms. The fourth-order valence-electron chi connectivity index (χ4n) is 2.83. The molecule has 0 bridgehead atoms. The highest BCUT2D eigenvalue weighted by Gasteiger charge is 2.57. The lowest BCUT2D eigenvalue weighted by atomic mass is 9.98. The summed E-state index contributed by atoms with van der Waals surface area (Å²) in [5.41, 5.74) is -0.172. The predicted octanol–water partition coefficient (Wildman–Crippen LogP) is 2.28. The molecule has 0 radical (unpaired) electrons. The molecule has 1 saturated heterocycles. The summed E-state index contributed by atoms with van der Waals surface area (Å²) in [4.78, 5) is 36.5. The zero-order valence-electron chi connectivity index (χ0n) is 13.2. The lowest BCUT2D eigenvalue weighted by Gasteiger charge is -2.31. The first-order valence-electron chi connectivity index (χ1n) is 7.26. The molecule has 130 valence electrons. The Bertz CT molecular complexity index is 635. The number of carbonyl (C=O) groups excluding carboxylic acids is 3. The van der Waals surface area contributed by atoms with E-state index in [-0.39, 0.29) is 18.4 Å². The summed E-state index contributed by atoms with van der Waals surface area (Å²) in [6, 6.07) is 4.08. The number of nitrogens with zero attached hydrogens (tertiary/aromatic N) is 1. The molecular formula is C16H17F2NO5. The van der Waals surface area contributed by atoms with Gasteiger partial charge in [0.1, 0.15) is 12.1 Å². The van der Waals surface area contributed by atoms with Crippen molar-refractivity contribution in [3.8, 4) is 0 Å². The van der Waals surface area contributed by atoms with E-state index in [1.54, 1.807) is 6.07 Å². The van der Waals surface area contributed by atoms with Gasteiger partial charge in [-0.05, 0) is 12.8 Å². The molecule has 0 saturated carbocycles. The number of ether oxygens (including phenoxy) is 2. The molecule has 8 heteroatoms. The monoisotopic (exact) mass is 341 g/mol. The van der Waals surface area contributed by atoms with E-state index in [1.807, 2.05) is 0 Å². The molecule has 2 rings (SSSR count). The maximum atomic E-state index is 14.7. The van der Waals surface area contributed by atoms with Crippen molar-refractivity contribution in [1.29, 1.82) is 0 Å². The Morgan fingerprint density at radius 3 is 2.25 bits per heavy atom. The summed E-state index contributed by atoms with van der Waals surface area (Å²) in [6.45, 7) is 0. The molecule has 0 N–H and O–H groups in total. The Morgan fingerprint density at radius 2 is 1.71 bits per heavy atom. The van der Waals surface area contributed by atoms with Crippen molar-refractivity contribution in [3.05, 3.63) is 35.9 Å². The Balaban J connectivity index is 2.35. The smallest absolute Gasteiger partial charge is 0.410 e. The highest BCUT2D eigenvalue weighted by atomic mass is 19.3. The molecule has 2 atom stereocenters. The van der Waals surface area contributed by atoms with Gasteiger partial charge in [0.15, 0.2) is 0 Å². The average molecular weight is 341 g/mol. The van der Waals surface area contributed by atoms with Crippen LogP contribution in [0.5, 0.6) is 0 Å². The van der Waals surface area contributed by atoms with Gasteiger partial charge in [0.2, 0.25) is 5.78 Å². The van der Waals surface area contributed by atoms with Gasteiger partial charge in [-0.3, -0.25) is 9.69 Å². The van der Waals surface area contributed by atoms with Crippen LogP contribution >= 0.6 is 0 Å². The van der Waals surface area contributed by atoms with Crippen LogP contribution in [0.25, 0.3) is 0 Å². The molecule has 1 aromatic rings. The number of Topliss-reactive ketones (excluding diaryl/α,β-unsaturated/α-hetero) is 1. The topological polar surface area (TPSA) is 72.9 Å². The molecule has 1 unspecified atom stereocenters. The number of likely N-dealkylation sites (tertiary alicyclic amines) is 1. The van der Waals surface area contributed by atoms with Gasteiger partial charge in [0, 0.05) is 5.56 Å². The summed E-state index contributed by atoms with van der Waals surface area (Å²) in [5.74, 6) is -6.10. The van der Waals surface area contributed by atoms with Crippen LogP contribution in [0.1, 0.15) is 23.2 Å². The number of carbonyl (C=O) groups is 3. The molecule has 0 aliphatic carbocycles. The standard InChI is InChI=1S/C16H17F2NO5/c1-23-14(21)11-8-9-12(19(11)15(22)24-2)16(17,18)13(20)10-6-4-3-5-7-10/h3-7,11-12H,8-9H2,1-2H3/t11-,12?/m0/s1. The lowest BCUT2D eigenvalue weighted by molar-refractivity contribution is -0.146. The van der Waals surface area contributed by atoms with Crippen molar-refractivity contribution in [2.75, 3.05) is 14.2 Å². The number of benzene rings is 1. The molecule has 1 aliphatic rings. The Kier molecular flexibility index (Phi) is 5.16. The van der Waals surface area contributed by atoms with Crippen LogP contribution in [0.4, 0.5) is 13.6 Å². The van der Waals surface area contributed by atoms with Crippen molar-refractivity contribution >= 4 is 17.8 Å². The van der Waals surface area contributed by atoms with Gasteiger partial charge in [-0.25, -0.2) is 9.59 Å². The number of hydrogen-bond acceptors (Lipinski definition) is 5. The minimum atomic E-state index is -3.86. The Morgan fingerprint density at radius 1 is 1.08 bits per heavy atom. The molecular weight excluding hydrogens is 324 g/mol. The second-order valence-corrected chi connectivity index (χ2v) is 5.33. The van der Waals surface area contributed by atoms with E-state index in [0.29, 0.717) is 4.90 Å². The Hall–Kier alpha value is -2.51. The minimum absolute atomic E-state index is 0.0376. The quantitative estimate of drug-likeness (QED) is 0.620. The van der Waals surface area contributed by atoms with E-state index in [2.05, 4.69) is 9.47 Å². The third-order valence-electron chi connectivity index (χ3n) is 4.00. The lowest BCUT2D eigenvalue weighted by Crippen LogP contribution is -2.54. The third kappa shape index (κ3) is 3.08.